The molecule has 0 aliphatic heterocycles. The minimum Gasteiger partial charge on any atom is -0.393 e. The van der Waals surface area contributed by atoms with E-state index in [9.17, 15) is 5.11 Å². The Morgan fingerprint density at radius 1 is 1.36 bits per heavy atom. The second-order valence-corrected chi connectivity index (χ2v) is 5.94. The van der Waals surface area contributed by atoms with Crippen LogP contribution in [0.15, 0.2) is 0 Å². The molecule has 14 heavy (non-hydrogen) atoms. The summed E-state index contributed by atoms with van der Waals surface area (Å²) >= 11 is 0. The highest BCUT2D eigenvalue weighted by molar-refractivity contribution is 4.92. The van der Waals surface area contributed by atoms with Crippen molar-refractivity contribution in [2.24, 2.45) is 23.2 Å². The van der Waals surface area contributed by atoms with Crippen molar-refractivity contribution >= 4 is 0 Å². The first-order valence-electron chi connectivity index (χ1n) is 6.08. The maximum absolute atomic E-state index is 10.3. The Bertz CT molecular complexity index is 184. The van der Waals surface area contributed by atoms with Crippen molar-refractivity contribution in [3.63, 3.8) is 0 Å². The van der Waals surface area contributed by atoms with Gasteiger partial charge in [0.25, 0.3) is 0 Å². The SMILES string of the molecule is CCC1C(O)C(C(C)C)CCC1(C)C. The van der Waals surface area contributed by atoms with Gasteiger partial charge in [0.15, 0.2) is 0 Å². The van der Waals surface area contributed by atoms with Crippen LogP contribution in [0, 0.1) is 23.2 Å². The van der Waals surface area contributed by atoms with Crippen LogP contribution >= 0.6 is 0 Å². The summed E-state index contributed by atoms with van der Waals surface area (Å²) in [4.78, 5) is 0. The Labute approximate surface area is 88.9 Å². The standard InChI is InChI=1S/C13H26O/c1-6-11-12(14)10(9(2)3)7-8-13(11,4)5/h9-12,14H,6-8H2,1-5H3. The van der Waals surface area contributed by atoms with E-state index >= 15 is 0 Å². The minimum absolute atomic E-state index is 0.0799. The van der Waals surface area contributed by atoms with Crippen LogP contribution in [0.3, 0.4) is 0 Å². The summed E-state index contributed by atoms with van der Waals surface area (Å²) in [5, 5.41) is 10.3. The third-order valence-corrected chi connectivity index (χ3v) is 4.27. The van der Waals surface area contributed by atoms with Crippen LogP contribution in [0.25, 0.3) is 0 Å². The molecule has 0 saturated heterocycles. The summed E-state index contributed by atoms with van der Waals surface area (Å²) in [6, 6.07) is 0. The number of hydrogen-bond donors (Lipinski definition) is 1. The lowest BCUT2D eigenvalue weighted by atomic mass is 9.61. The number of aliphatic hydroxyl groups excluding tert-OH is 1. The van der Waals surface area contributed by atoms with E-state index < -0.39 is 0 Å². The first-order valence-corrected chi connectivity index (χ1v) is 6.08. The fourth-order valence-corrected chi connectivity index (χ4v) is 3.18. The van der Waals surface area contributed by atoms with Crippen molar-refractivity contribution in [3.05, 3.63) is 0 Å². The zero-order valence-electron chi connectivity index (χ0n) is 10.4. The second-order valence-electron chi connectivity index (χ2n) is 5.94. The molecule has 0 heterocycles. The molecule has 1 rings (SSSR count). The highest BCUT2D eigenvalue weighted by Gasteiger charge is 2.42. The Morgan fingerprint density at radius 3 is 2.36 bits per heavy atom. The normalized spacial score (nSPS) is 37.5. The van der Waals surface area contributed by atoms with E-state index in [1.54, 1.807) is 0 Å². The summed E-state index contributed by atoms with van der Waals surface area (Å²) in [6.07, 6.45) is 3.49. The number of hydrogen-bond acceptors (Lipinski definition) is 1. The summed E-state index contributed by atoms with van der Waals surface area (Å²) < 4.78 is 0. The molecule has 3 unspecified atom stereocenters. The zero-order chi connectivity index (χ0) is 10.9. The highest BCUT2D eigenvalue weighted by Crippen LogP contribution is 2.46. The molecule has 0 bridgehead atoms. The minimum atomic E-state index is -0.0799. The van der Waals surface area contributed by atoms with E-state index in [4.69, 9.17) is 0 Å². The molecule has 0 aromatic heterocycles. The van der Waals surface area contributed by atoms with Gasteiger partial charge >= 0.3 is 0 Å². The van der Waals surface area contributed by atoms with Crippen LogP contribution in [0.2, 0.25) is 0 Å². The first kappa shape index (κ1) is 12.0. The lowest BCUT2D eigenvalue weighted by molar-refractivity contribution is -0.0650. The van der Waals surface area contributed by atoms with Gasteiger partial charge in [0.05, 0.1) is 6.10 Å². The molecule has 1 saturated carbocycles. The van der Waals surface area contributed by atoms with Gasteiger partial charge < -0.3 is 5.11 Å². The van der Waals surface area contributed by atoms with Crippen LogP contribution in [-0.4, -0.2) is 11.2 Å². The van der Waals surface area contributed by atoms with E-state index in [0.717, 1.165) is 6.42 Å². The molecule has 84 valence electrons. The van der Waals surface area contributed by atoms with Crippen molar-refractivity contribution in [2.45, 2.75) is 60.0 Å². The third kappa shape index (κ3) is 2.13. The molecule has 0 aromatic carbocycles. The third-order valence-electron chi connectivity index (χ3n) is 4.27. The van der Waals surface area contributed by atoms with Crippen LogP contribution in [0.5, 0.6) is 0 Å². The average molecular weight is 198 g/mol. The van der Waals surface area contributed by atoms with Gasteiger partial charge in [-0.3, -0.25) is 0 Å². The van der Waals surface area contributed by atoms with Crippen molar-refractivity contribution < 1.29 is 5.11 Å². The van der Waals surface area contributed by atoms with Crippen molar-refractivity contribution in [3.8, 4) is 0 Å². The Morgan fingerprint density at radius 2 is 1.93 bits per heavy atom. The summed E-state index contributed by atoms with van der Waals surface area (Å²) in [5.74, 6) is 1.63. The molecular weight excluding hydrogens is 172 g/mol. The highest BCUT2D eigenvalue weighted by atomic mass is 16.3. The summed E-state index contributed by atoms with van der Waals surface area (Å²) in [6.45, 7) is 11.3. The lowest BCUT2D eigenvalue weighted by Gasteiger charge is -2.47. The molecule has 0 aromatic rings. The monoisotopic (exact) mass is 198 g/mol. The lowest BCUT2D eigenvalue weighted by Crippen LogP contribution is -2.45. The van der Waals surface area contributed by atoms with Gasteiger partial charge in [0.2, 0.25) is 0 Å². The van der Waals surface area contributed by atoms with E-state index in [-0.39, 0.29) is 6.10 Å². The molecule has 3 atom stereocenters. The van der Waals surface area contributed by atoms with E-state index in [2.05, 4.69) is 34.6 Å². The first-order chi connectivity index (χ1) is 6.40. The van der Waals surface area contributed by atoms with Crippen LogP contribution in [-0.2, 0) is 0 Å². The van der Waals surface area contributed by atoms with Crippen molar-refractivity contribution in [1.82, 2.24) is 0 Å². The molecule has 1 aliphatic rings. The van der Waals surface area contributed by atoms with Gasteiger partial charge in [0, 0.05) is 0 Å². The Kier molecular flexibility index (Phi) is 3.63. The van der Waals surface area contributed by atoms with Gasteiger partial charge in [-0.05, 0) is 36.0 Å². The van der Waals surface area contributed by atoms with Gasteiger partial charge in [-0.2, -0.15) is 0 Å². The smallest absolute Gasteiger partial charge is 0.0603 e. The maximum Gasteiger partial charge on any atom is 0.0603 e. The molecule has 0 amide bonds. The van der Waals surface area contributed by atoms with Gasteiger partial charge in [-0.15, -0.1) is 0 Å². The maximum atomic E-state index is 10.3. The van der Waals surface area contributed by atoms with Gasteiger partial charge in [0.1, 0.15) is 0 Å². The predicted octanol–water partition coefficient (Wildman–Crippen LogP) is 3.47. The van der Waals surface area contributed by atoms with Gasteiger partial charge in [-0.1, -0.05) is 41.0 Å². The van der Waals surface area contributed by atoms with Crippen LogP contribution in [0.4, 0.5) is 0 Å². The largest absolute Gasteiger partial charge is 0.393 e. The quantitative estimate of drug-likeness (QED) is 0.720. The van der Waals surface area contributed by atoms with Crippen LogP contribution < -0.4 is 0 Å². The van der Waals surface area contributed by atoms with Crippen molar-refractivity contribution in [2.75, 3.05) is 0 Å². The Balaban J connectivity index is 2.77. The molecule has 1 fully saturated rings. The van der Waals surface area contributed by atoms with E-state index in [0.29, 0.717) is 23.2 Å². The summed E-state index contributed by atoms with van der Waals surface area (Å²) in [7, 11) is 0. The van der Waals surface area contributed by atoms with E-state index in [1.165, 1.54) is 12.8 Å². The van der Waals surface area contributed by atoms with Crippen molar-refractivity contribution in [1.29, 1.82) is 0 Å². The topological polar surface area (TPSA) is 20.2 Å². The molecule has 0 spiro atoms. The molecule has 1 nitrogen and oxygen atoms in total. The molecule has 1 heteroatoms. The number of rotatable bonds is 2. The fourth-order valence-electron chi connectivity index (χ4n) is 3.18. The number of aliphatic hydroxyl groups is 1. The molecular formula is C13H26O. The molecule has 1 aliphatic carbocycles. The Hall–Kier alpha value is -0.0400. The second kappa shape index (κ2) is 4.22. The fraction of sp³-hybridized carbons (Fsp3) is 1.00. The van der Waals surface area contributed by atoms with Crippen LogP contribution in [0.1, 0.15) is 53.9 Å². The molecule has 0 radical (unpaired) electrons. The average Bonchev–Trinajstić information content (AvgIpc) is 2.02. The summed E-state index contributed by atoms with van der Waals surface area (Å²) in [5.41, 5.74) is 0.333. The van der Waals surface area contributed by atoms with E-state index in [1.807, 2.05) is 0 Å². The predicted molar refractivity (Wildman–Crippen MR) is 61.1 cm³/mol. The zero-order valence-corrected chi connectivity index (χ0v) is 10.4. The van der Waals surface area contributed by atoms with Gasteiger partial charge in [-0.25, -0.2) is 0 Å². The molecule has 1 N–H and O–H groups in total.